The second-order valence-corrected chi connectivity index (χ2v) is 6.81. The molecule has 2 aromatic rings. The van der Waals surface area contributed by atoms with Gasteiger partial charge < -0.3 is 19.3 Å². The van der Waals surface area contributed by atoms with Crippen molar-refractivity contribution in [2.75, 3.05) is 13.1 Å². The van der Waals surface area contributed by atoms with Gasteiger partial charge in [0.15, 0.2) is 0 Å². The number of aromatic nitrogens is 2. The minimum Gasteiger partial charge on any atom is -0.487 e. The molecule has 4 rings (SSSR count). The van der Waals surface area contributed by atoms with Crippen LogP contribution in [-0.2, 0) is 6.61 Å². The molecule has 1 atom stereocenters. The predicted octanol–water partition coefficient (Wildman–Crippen LogP) is 2.12. The van der Waals surface area contributed by atoms with Crippen molar-refractivity contribution in [2.24, 2.45) is 10.2 Å². The number of likely N-dealkylation sites (tertiary alicyclic amines) is 1. The Bertz CT molecular complexity index is 885. The average Bonchev–Trinajstić information content (AvgIpc) is 3.37. The molecule has 0 amide bonds. The molecule has 2 aliphatic heterocycles. The Hall–Kier alpha value is -2.33. The maximum Gasteiger partial charge on any atom is 0.252 e. The summed E-state index contributed by atoms with van der Waals surface area (Å²) in [5.41, 5.74) is 0.598. The van der Waals surface area contributed by atoms with Crippen LogP contribution < -0.4 is 4.74 Å². The van der Waals surface area contributed by atoms with Crippen LogP contribution in [0, 0.1) is 5.82 Å². The van der Waals surface area contributed by atoms with Gasteiger partial charge in [0.2, 0.25) is 5.82 Å². The second kappa shape index (κ2) is 7.12. The highest BCUT2D eigenvalue weighted by atomic mass is 79.9. The normalized spacial score (nSPS) is 19.7. The Morgan fingerprint density at radius 1 is 1.38 bits per heavy atom. The molecule has 0 spiro atoms. The lowest BCUT2D eigenvalue weighted by atomic mass is 10.2. The summed E-state index contributed by atoms with van der Waals surface area (Å²) in [5.74, 6) is 1.44. The van der Waals surface area contributed by atoms with Gasteiger partial charge in [-0.1, -0.05) is 5.16 Å². The molecule has 0 radical (unpaired) electrons. The van der Waals surface area contributed by atoms with Crippen molar-refractivity contribution in [3.63, 3.8) is 0 Å². The van der Waals surface area contributed by atoms with Gasteiger partial charge in [-0.15, -0.1) is 10.2 Å². The summed E-state index contributed by atoms with van der Waals surface area (Å²) >= 11 is 3.37. The molecule has 0 aliphatic carbocycles. The van der Waals surface area contributed by atoms with Crippen molar-refractivity contribution in [2.45, 2.75) is 25.6 Å². The summed E-state index contributed by atoms with van der Waals surface area (Å²) in [7, 11) is 0. The Labute approximate surface area is 156 Å². The molecular weight excluding hydrogens is 409 g/mol. The molecule has 1 aromatic carbocycles. The van der Waals surface area contributed by atoms with Crippen LogP contribution in [0.15, 0.2) is 37.4 Å². The Morgan fingerprint density at radius 2 is 2.27 bits per heavy atom. The number of amidine groups is 1. The van der Waals surface area contributed by atoms with Crippen molar-refractivity contribution in [3.05, 3.63) is 40.2 Å². The monoisotopic (exact) mass is 423 g/mol. The molecule has 0 unspecified atom stereocenters. The molecule has 136 valence electrons. The quantitative estimate of drug-likeness (QED) is 0.808. The lowest BCUT2D eigenvalue weighted by Gasteiger charge is -2.18. The van der Waals surface area contributed by atoms with Gasteiger partial charge in [0.25, 0.3) is 5.89 Å². The largest absolute Gasteiger partial charge is 0.487 e. The lowest BCUT2D eigenvalue weighted by molar-refractivity contribution is 0.212. The summed E-state index contributed by atoms with van der Waals surface area (Å²) in [4.78, 5) is 6.13. The highest BCUT2D eigenvalue weighted by Crippen LogP contribution is 2.28. The molecule has 0 saturated carbocycles. The van der Waals surface area contributed by atoms with Crippen LogP contribution >= 0.6 is 15.9 Å². The zero-order chi connectivity index (χ0) is 18.1. The fourth-order valence-corrected chi connectivity index (χ4v) is 3.22. The van der Waals surface area contributed by atoms with Gasteiger partial charge in [-0.25, -0.2) is 4.39 Å². The van der Waals surface area contributed by atoms with E-state index in [9.17, 15) is 4.39 Å². The van der Waals surface area contributed by atoms with Crippen molar-refractivity contribution in [1.82, 2.24) is 15.0 Å². The van der Waals surface area contributed by atoms with Crippen molar-refractivity contribution >= 4 is 27.5 Å². The SMILES string of the molecule is OCc1nc(C2=NN=C(N3CC[C@H](Oc4cc(F)ccc4Br)C3)C2)no1. The first kappa shape index (κ1) is 17.1. The Morgan fingerprint density at radius 3 is 3.08 bits per heavy atom. The summed E-state index contributed by atoms with van der Waals surface area (Å²) in [5, 5.41) is 21.1. The third-order valence-electron chi connectivity index (χ3n) is 4.17. The number of rotatable bonds is 4. The first-order chi connectivity index (χ1) is 12.6. The van der Waals surface area contributed by atoms with Gasteiger partial charge in [-0.05, 0) is 28.1 Å². The summed E-state index contributed by atoms with van der Waals surface area (Å²) in [6, 6.07) is 4.38. The van der Waals surface area contributed by atoms with Crippen LogP contribution in [0.1, 0.15) is 24.6 Å². The van der Waals surface area contributed by atoms with Crippen LogP contribution in [0.5, 0.6) is 5.75 Å². The lowest BCUT2D eigenvalue weighted by Crippen LogP contribution is -2.31. The second-order valence-electron chi connectivity index (χ2n) is 5.96. The van der Waals surface area contributed by atoms with Crippen LogP contribution in [0.25, 0.3) is 0 Å². The van der Waals surface area contributed by atoms with E-state index in [1.54, 1.807) is 6.07 Å². The minimum atomic E-state index is -0.335. The van der Waals surface area contributed by atoms with Crippen molar-refractivity contribution in [1.29, 1.82) is 0 Å². The number of nitrogens with zero attached hydrogens (tertiary/aromatic N) is 5. The van der Waals surface area contributed by atoms with E-state index in [0.29, 0.717) is 30.3 Å². The van der Waals surface area contributed by atoms with Gasteiger partial charge in [0.05, 0.1) is 17.4 Å². The van der Waals surface area contributed by atoms with Gasteiger partial charge in [0, 0.05) is 19.0 Å². The smallest absolute Gasteiger partial charge is 0.252 e. The van der Waals surface area contributed by atoms with E-state index in [4.69, 9.17) is 14.4 Å². The van der Waals surface area contributed by atoms with E-state index in [2.05, 4.69) is 41.2 Å². The number of aliphatic hydroxyl groups is 1. The molecule has 1 saturated heterocycles. The first-order valence-electron chi connectivity index (χ1n) is 8.06. The number of hydrogen-bond acceptors (Lipinski definition) is 8. The fourth-order valence-electron chi connectivity index (χ4n) is 2.88. The van der Waals surface area contributed by atoms with Crippen LogP contribution in [0.2, 0.25) is 0 Å². The third kappa shape index (κ3) is 3.47. The van der Waals surface area contributed by atoms with E-state index < -0.39 is 0 Å². The number of benzene rings is 1. The Kier molecular flexibility index (Phi) is 4.68. The first-order valence-corrected chi connectivity index (χ1v) is 8.85. The molecular formula is C16H15BrFN5O3. The highest BCUT2D eigenvalue weighted by molar-refractivity contribution is 9.10. The average molecular weight is 424 g/mol. The number of ether oxygens (including phenoxy) is 1. The molecule has 10 heteroatoms. The van der Waals surface area contributed by atoms with E-state index in [1.807, 2.05) is 0 Å². The molecule has 2 aliphatic rings. The molecule has 0 bridgehead atoms. The van der Waals surface area contributed by atoms with Gasteiger partial charge in [-0.3, -0.25) is 0 Å². The molecule has 1 N–H and O–H groups in total. The highest BCUT2D eigenvalue weighted by Gasteiger charge is 2.30. The van der Waals surface area contributed by atoms with Crippen LogP contribution in [0.3, 0.4) is 0 Å². The van der Waals surface area contributed by atoms with E-state index in [1.165, 1.54) is 12.1 Å². The Balaban J connectivity index is 1.35. The fraction of sp³-hybridized carbons (Fsp3) is 0.375. The minimum absolute atomic E-state index is 0.0639. The van der Waals surface area contributed by atoms with Gasteiger partial charge >= 0.3 is 0 Å². The van der Waals surface area contributed by atoms with Crippen molar-refractivity contribution in [3.8, 4) is 5.75 Å². The van der Waals surface area contributed by atoms with Crippen LogP contribution in [-0.4, -0.2) is 50.9 Å². The maximum atomic E-state index is 13.4. The van der Waals surface area contributed by atoms with Gasteiger partial charge in [0.1, 0.15) is 35.8 Å². The molecule has 3 heterocycles. The molecule has 1 aromatic heterocycles. The summed E-state index contributed by atoms with van der Waals surface area (Å²) in [6.07, 6.45) is 1.22. The maximum absolute atomic E-state index is 13.4. The predicted molar refractivity (Wildman–Crippen MR) is 93.5 cm³/mol. The third-order valence-corrected chi connectivity index (χ3v) is 4.83. The number of hydrogen-bond donors (Lipinski definition) is 1. The number of halogens is 2. The van der Waals surface area contributed by atoms with Crippen molar-refractivity contribution < 1.29 is 18.8 Å². The summed E-state index contributed by atoms with van der Waals surface area (Å²) < 4.78 is 24.9. The zero-order valence-electron chi connectivity index (χ0n) is 13.6. The van der Waals surface area contributed by atoms with E-state index in [-0.39, 0.29) is 24.4 Å². The summed E-state index contributed by atoms with van der Waals surface area (Å²) in [6.45, 7) is 1.10. The zero-order valence-corrected chi connectivity index (χ0v) is 15.2. The van der Waals surface area contributed by atoms with Crippen LogP contribution in [0.4, 0.5) is 4.39 Å². The topological polar surface area (TPSA) is 96.3 Å². The van der Waals surface area contributed by atoms with E-state index >= 15 is 0 Å². The van der Waals surface area contributed by atoms with E-state index in [0.717, 1.165) is 23.3 Å². The molecule has 1 fully saturated rings. The number of aliphatic hydroxyl groups excluding tert-OH is 1. The molecule has 26 heavy (non-hydrogen) atoms. The standard InChI is InChI=1S/C16H15BrFN5O3/c17-11-2-1-9(18)5-13(11)25-10-3-4-23(7-10)14-6-12(20-21-14)16-19-15(8-24)26-22-16/h1-2,5,10,24H,3-4,6-8H2/t10-/m0/s1. The van der Waals surface area contributed by atoms with Gasteiger partial charge in [-0.2, -0.15) is 4.98 Å². The molecule has 8 nitrogen and oxygen atoms in total.